The smallest absolute Gasteiger partial charge is 0.207 e. The first-order valence-electron chi connectivity index (χ1n) is 4.69. The average Bonchev–Trinajstić information content (AvgIpc) is 2.14. The molecule has 1 rings (SSSR count). The lowest BCUT2D eigenvalue weighted by Crippen LogP contribution is -1.99. The van der Waals surface area contributed by atoms with E-state index in [2.05, 4.69) is 0 Å². The number of hydrogen-bond donors (Lipinski definition) is 0. The van der Waals surface area contributed by atoms with Crippen LogP contribution in [-0.2, 0) is 15.5 Å². The van der Waals surface area contributed by atoms with Gasteiger partial charge in [-0.15, -0.1) is 0 Å². The molecule has 0 fully saturated rings. The molecular weight excluding hydrogens is 255 g/mol. The van der Waals surface area contributed by atoms with Crippen molar-refractivity contribution < 1.29 is 8.42 Å². The van der Waals surface area contributed by atoms with E-state index in [1.807, 2.05) is 6.92 Å². The predicted octanol–water partition coefficient (Wildman–Crippen LogP) is 3.61. The van der Waals surface area contributed by atoms with Crippen LogP contribution in [0.25, 0.3) is 0 Å². The lowest BCUT2D eigenvalue weighted by molar-refractivity contribution is 0.608. The van der Waals surface area contributed by atoms with Crippen molar-refractivity contribution in [3.63, 3.8) is 0 Å². The van der Waals surface area contributed by atoms with E-state index in [0.29, 0.717) is 17.0 Å². The molecule has 0 saturated carbocycles. The van der Waals surface area contributed by atoms with E-state index in [1.165, 1.54) is 6.07 Å². The van der Waals surface area contributed by atoms with E-state index in [0.717, 1.165) is 12.8 Å². The molecule has 0 radical (unpaired) electrons. The van der Waals surface area contributed by atoms with Gasteiger partial charge in [0.1, 0.15) is 0 Å². The minimum Gasteiger partial charge on any atom is -0.207 e. The van der Waals surface area contributed by atoms with Gasteiger partial charge in [-0.1, -0.05) is 31.0 Å². The highest BCUT2D eigenvalue weighted by molar-refractivity contribution is 8.13. The Hall–Kier alpha value is -0.250. The molecule has 15 heavy (non-hydrogen) atoms. The number of benzene rings is 1. The van der Waals surface area contributed by atoms with Gasteiger partial charge in [-0.2, -0.15) is 0 Å². The van der Waals surface area contributed by atoms with Crippen molar-refractivity contribution in [1.29, 1.82) is 0 Å². The molecule has 0 unspecified atom stereocenters. The third-order valence-electron chi connectivity index (χ3n) is 2.12. The summed E-state index contributed by atoms with van der Waals surface area (Å²) >= 11 is 5.95. The zero-order valence-corrected chi connectivity index (χ0v) is 10.7. The molecule has 0 N–H and O–H groups in total. The Morgan fingerprint density at radius 1 is 1.33 bits per heavy atom. The quantitative estimate of drug-likeness (QED) is 0.781. The summed E-state index contributed by atoms with van der Waals surface area (Å²) in [4.78, 5) is 0.130. The minimum atomic E-state index is -3.70. The standard InChI is InChI=1S/C10H12Cl2O2S/c1-2-3-5-8-9(11)6-4-7-10(8)15(12,13)14/h4,6-7H,2-3,5H2,1H3. The monoisotopic (exact) mass is 266 g/mol. The fourth-order valence-electron chi connectivity index (χ4n) is 1.36. The second-order valence-corrected chi connectivity index (χ2v) is 6.20. The summed E-state index contributed by atoms with van der Waals surface area (Å²) in [5.74, 6) is 0. The maximum Gasteiger partial charge on any atom is 0.261 e. The van der Waals surface area contributed by atoms with Gasteiger partial charge >= 0.3 is 0 Å². The molecule has 0 saturated heterocycles. The first-order chi connectivity index (χ1) is 6.96. The molecule has 1 aromatic rings. The van der Waals surface area contributed by atoms with Crippen molar-refractivity contribution >= 4 is 31.3 Å². The van der Waals surface area contributed by atoms with Gasteiger partial charge in [0.05, 0.1) is 4.90 Å². The van der Waals surface area contributed by atoms with Crippen LogP contribution in [0.1, 0.15) is 25.3 Å². The summed E-state index contributed by atoms with van der Waals surface area (Å²) in [7, 11) is 1.63. The van der Waals surface area contributed by atoms with Crippen molar-refractivity contribution in [1.82, 2.24) is 0 Å². The summed E-state index contributed by atoms with van der Waals surface area (Å²) in [6.45, 7) is 2.03. The molecule has 0 spiro atoms. The first-order valence-corrected chi connectivity index (χ1v) is 7.37. The van der Waals surface area contributed by atoms with Crippen LogP contribution in [0.3, 0.4) is 0 Å². The van der Waals surface area contributed by atoms with Crippen LogP contribution in [0, 0.1) is 0 Å². The summed E-state index contributed by atoms with van der Waals surface area (Å²) in [6, 6.07) is 4.75. The summed E-state index contributed by atoms with van der Waals surface area (Å²) < 4.78 is 22.6. The summed E-state index contributed by atoms with van der Waals surface area (Å²) in [5.41, 5.74) is 0.621. The predicted molar refractivity (Wildman–Crippen MR) is 63.1 cm³/mol. The fraction of sp³-hybridized carbons (Fsp3) is 0.400. The number of unbranched alkanes of at least 4 members (excludes halogenated alkanes) is 1. The SMILES string of the molecule is CCCCc1c(Cl)cccc1S(=O)(=O)Cl. The Bertz CT molecular complexity index is 441. The van der Waals surface area contributed by atoms with Gasteiger partial charge in [0.2, 0.25) is 0 Å². The van der Waals surface area contributed by atoms with E-state index in [1.54, 1.807) is 12.1 Å². The van der Waals surface area contributed by atoms with Gasteiger partial charge in [-0.3, -0.25) is 0 Å². The molecule has 0 aliphatic rings. The highest BCUT2D eigenvalue weighted by Crippen LogP contribution is 2.27. The van der Waals surface area contributed by atoms with Crippen molar-refractivity contribution in [2.45, 2.75) is 31.1 Å². The van der Waals surface area contributed by atoms with E-state index in [4.69, 9.17) is 22.3 Å². The molecule has 0 atom stereocenters. The molecule has 0 aromatic heterocycles. The van der Waals surface area contributed by atoms with Crippen LogP contribution in [0.4, 0.5) is 0 Å². The number of rotatable bonds is 4. The third kappa shape index (κ3) is 3.37. The molecule has 0 aliphatic carbocycles. The topological polar surface area (TPSA) is 34.1 Å². The van der Waals surface area contributed by atoms with Crippen LogP contribution in [0.5, 0.6) is 0 Å². The van der Waals surface area contributed by atoms with E-state index < -0.39 is 9.05 Å². The van der Waals surface area contributed by atoms with Gasteiger partial charge in [0, 0.05) is 15.7 Å². The maximum atomic E-state index is 11.3. The van der Waals surface area contributed by atoms with Crippen molar-refractivity contribution in [3.8, 4) is 0 Å². The number of halogens is 2. The Labute approximate surface area is 99.6 Å². The summed E-state index contributed by atoms with van der Waals surface area (Å²) in [5, 5.41) is 0.463. The molecule has 2 nitrogen and oxygen atoms in total. The maximum absolute atomic E-state index is 11.3. The van der Waals surface area contributed by atoms with Crippen LogP contribution in [0.15, 0.2) is 23.1 Å². The van der Waals surface area contributed by atoms with E-state index in [9.17, 15) is 8.42 Å². The van der Waals surface area contributed by atoms with Gasteiger partial charge in [0.25, 0.3) is 9.05 Å². The minimum absolute atomic E-state index is 0.130. The Morgan fingerprint density at radius 2 is 2.00 bits per heavy atom. The Kier molecular flexibility index (Phi) is 4.44. The average molecular weight is 267 g/mol. The van der Waals surface area contributed by atoms with Crippen LogP contribution >= 0.6 is 22.3 Å². The molecular formula is C10H12Cl2O2S. The van der Waals surface area contributed by atoms with Crippen LogP contribution in [0.2, 0.25) is 5.02 Å². The van der Waals surface area contributed by atoms with E-state index in [-0.39, 0.29) is 4.90 Å². The second kappa shape index (κ2) is 5.19. The van der Waals surface area contributed by atoms with E-state index >= 15 is 0 Å². The van der Waals surface area contributed by atoms with Crippen molar-refractivity contribution in [2.24, 2.45) is 0 Å². The second-order valence-electron chi connectivity index (χ2n) is 3.26. The normalized spacial score (nSPS) is 11.7. The molecule has 0 heterocycles. The molecule has 1 aromatic carbocycles. The molecule has 5 heteroatoms. The van der Waals surface area contributed by atoms with Crippen molar-refractivity contribution in [2.75, 3.05) is 0 Å². The molecule has 0 aliphatic heterocycles. The highest BCUT2D eigenvalue weighted by Gasteiger charge is 2.17. The fourth-order valence-corrected chi connectivity index (χ4v) is 2.87. The zero-order valence-electron chi connectivity index (χ0n) is 8.33. The van der Waals surface area contributed by atoms with Crippen LogP contribution < -0.4 is 0 Å². The lowest BCUT2D eigenvalue weighted by atomic mass is 10.1. The Balaban J connectivity index is 3.21. The largest absolute Gasteiger partial charge is 0.261 e. The first kappa shape index (κ1) is 12.8. The summed E-state index contributed by atoms with van der Waals surface area (Å²) in [6.07, 6.45) is 2.51. The van der Waals surface area contributed by atoms with Gasteiger partial charge < -0.3 is 0 Å². The Morgan fingerprint density at radius 3 is 2.53 bits per heavy atom. The van der Waals surface area contributed by atoms with Crippen LogP contribution in [-0.4, -0.2) is 8.42 Å². The van der Waals surface area contributed by atoms with Gasteiger partial charge in [0.15, 0.2) is 0 Å². The molecule has 0 bridgehead atoms. The zero-order chi connectivity index (χ0) is 11.5. The molecule has 0 amide bonds. The highest BCUT2D eigenvalue weighted by atomic mass is 35.7. The third-order valence-corrected chi connectivity index (χ3v) is 3.88. The van der Waals surface area contributed by atoms with Gasteiger partial charge in [-0.05, 0) is 30.5 Å². The molecule has 84 valence electrons. The number of hydrogen-bond acceptors (Lipinski definition) is 2. The lowest BCUT2D eigenvalue weighted by Gasteiger charge is -2.07. The van der Waals surface area contributed by atoms with Gasteiger partial charge in [-0.25, -0.2) is 8.42 Å². The van der Waals surface area contributed by atoms with Crippen molar-refractivity contribution in [3.05, 3.63) is 28.8 Å².